The van der Waals surface area contributed by atoms with E-state index >= 15 is 0 Å². The second-order valence-electron chi connectivity index (χ2n) is 4.97. The number of nitrogens with one attached hydrogen (secondary N) is 1. The summed E-state index contributed by atoms with van der Waals surface area (Å²) >= 11 is 1.42. The van der Waals surface area contributed by atoms with Gasteiger partial charge in [-0.25, -0.2) is 4.98 Å². The van der Waals surface area contributed by atoms with Crippen LogP contribution in [0.5, 0.6) is 5.75 Å². The summed E-state index contributed by atoms with van der Waals surface area (Å²) < 4.78 is 10.6. The van der Waals surface area contributed by atoms with Crippen LogP contribution in [0.15, 0.2) is 29.6 Å². The molecule has 124 valence electrons. The number of carbonyl (C=O) groups excluding carboxylic acids is 1. The van der Waals surface area contributed by atoms with Crippen molar-refractivity contribution in [3.8, 4) is 17.0 Å². The van der Waals surface area contributed by atoms with Crippen molar-refractivity contribution in [2.24, 2.45) is 0 Å². The Morgan fingerprint density at radius 1 is 1.30 bits per heavy atom. The Kier molecular flexibility index (Phi) is 7.03. The third-order valence-electron chi connectivity index (χ3n) is 3.22. The van der Waals surface area contributed by atoms with Crippen LogP contribution in [0.3, 0.4) is 0 Å². The number of nitrogens with zero attached hydrogens (tertiary/aromatic N) is 1. The van der Waals surface area contributed by atoms with Gasteiger partial charge in [-0.2, -0.15) is 0 Å². The molecule has 1 heterocycles. The van der Waals surface area contributed by atoms with Crippen LogP contribution in [-0.4, -0.2) is 31.2 Å². The minimum Gasteiger partial charge on any atom is -0.493 e. The molecule has 23 heavy (non-hydrogen) atoms. The molecule has 0 atom stereocenters. The molecule has 6 heteroatoms. The van der Waals surface area contributed by atoms with Gasteiger partial charge in [-0.15, -0.1) is 11.3 Å². The van der Waals surface area contributed by atoms with E-state index in [0.29, 0.717) is 24.8 Å². The molecule has 0 bridgehead atoms. The molecule has 1 amide bonds. The Morgan fingerprint density at radius 3 is 2.91 bits per heavy atom. The SMILES string of the molecule is CCOc1ccccc1-c1csc(NC(=O)CCCCOC)n1. The van der Waals surface area contributed by atoms with Crippen molar-refractivity contribution in [3.05, 3.63) is 29.6 Å². The fourth-order valence-electron chi connectivity index (χ4n) is 2.13. The highest BCUT2D eigenvalue weighted by molar-refractivity contribution is 7.14. The summed E-state index contributed by atoms with van der Waals surface area (Å²) in [5, 5.41) is 5.39. The summed E-state index contributed by atoms with van der Waals surface area (Å²) in [4.78, 5) is 16.4. The molecule has 5 nitrogen and oxygen atoms in total. The van der Waals surface area contributed by atoms with Gasteiger partial charge in [-0.05, 0) is 31.9 Å². The predicted molar refractivity (Wildman–Crippen MR) is 93.1 cm³/mol. The lowest BCUT2D eigenvalue weighted by Crippen LogP contribution is -2.11. The molecule has 0 unspecified atom stereocenters. The van der Waals surface area contributed by atoms with Crippen LogP contribution < -0.4 is 10.1 Å². The van der Waals surface area contributed by atoms with Gasteiger partial charge < -0.3 is 14.8 Å². The first-order chi connectivity index (χ1) is 11.2. The van der Waals surface area contributed by atoms with Crippen LogP contribution in [0.25, 0.3) is 11.3 Å². The molecule has 0 radical (unpaired) electrons. The van der Waals surface area contributed by atoms with Crippen LogP contribution in [0.2, 0.25) is 0 Å². The maximum atomic E-state index is 11.9. The molecule has 2 aromatic rings. The van der Waals surface area contributed by atoms with Gasteiger partial charge in [0.15, 0.2) is 5.13 Å². The summed E-state index contributed by atoms with van der Waals surface area (Å²) in [6, 6.07) is 7.78. The molecule has 1 aromatic heterocycles. The number of anilines is 1. The van der Waals surface area contributed by atoms with Crippen molar-refractivity contribution in [2.75, 3.05) is 25.6 Å². The highest BCUT2D eigenvalue weighted by Gasteiger charge is 2.11. The number of hydrogen-bond donors (Lipinski definition) is 1. The first-order valence-corrected chi connectivity index (χ1v) is 8.59. The van der Waals surface area contributed by atoms with Gasteiger partial charge in [0, 0.05) is 31.1 Å². The molecule has 1 aromatic carbocycles. The molecular formula is C17H22N2O3S. The Morgan fingerprint density at radius 2 is 2.13 bits per heavy atom. The van der Waals surface area contributed by atoms with Gasteiger partial charge in [-0.3, -0.25) is 4.79 Å². The lowest BCUT2D eigenvalue weighted by molar-refractivity contribution is -0.116. The van der Waals surface area contributed by atoms with E-state index in [2.05, 4.69) is 10.3 Å². The van der Waals surface area contributed by atoms with Crippen LogP contribution >= 0.6 is 11.3 Å². The number of thiazole rings is 1. The Balaban J connectivity index is 1.97. The molecule has 0 fully saturated rings. The maximum Gasteiger partial charge on any atom is 0.226 e. The summed E-state index contributed by atoms with van der Waals surface area (Å²) in [6.07, 6.45) is 2.17. The van der Waals surface area contributed by atoms with E-state index in [0.717, 1.165) is 29.8 Å². The van der Waals surface area contributed by atoms with Crippen LogP contribution in [0.4, 0.5) is 5.13 Å². The topological polar surface area (TPSA) is 60.5 Å². The summed E-state index contributed by atoms with van der Waals surface area (Å²) in [5.74, 6) is 0.790. The Labute approximate surface area is 140 Å². The molecule has 1 N–H and O–H groups in total. The monoisotopic (exact) mass is 334 g/mol. The normalized spacial score (nSPS) is 10.5. The van der Waals surface area contributed by atoms with Crippen molar-refractivity contribution in [1.82, 2.24) is 4.98 Å². The van der Waals surface area contributed by atoms with Crippen molar-refractivity contribution in [1.29, 1.82) is 0 Å². The van der Waals surface area contributed by atoms with Gasteiger partial charge in [0.05, 0.1) is 12.3 Å². The van der Waals surface area contributed by atoms with Crippen LogP contribution in [-0.2, 0) is 9.53 Å². The van der Waals surface area contributed by atoms with Gasteiger partial charge >= 0.3 is 0 Å². The summed E-state index contributed by atoms with van der Waals surface area (Å²) in [6.45, 7) is 3.24. The number of rotatable bonds is 9. The van der Waals surface area contributed by atoms with Crippen molar-refractivity contribution < 1.29 is 14.3 Å². The smallest absolute Gasteiger partial charge is 0.226 e. The third-order valence-corrected chi connectivity index (χ3v) is 3.97. The molecule has 0 saturated carbocycles. The number of carbonyl (C=O) groups is 1. The molecule has 0 saturated heterocycles. The summed E-state index contributed by atoms with van der Waals surface area (Å²) in [5.41, 5.74) is 1.75. The minimum atomic E-state index is -0.0138. The molecule has 2 rings (SSSR count). The van der Waals surface area contributed by atoms with Crippen molar-refractivity contribution in [3.63, 3.8) is 0 Å². The number of benzene rings is 1. The van der Waals surface area contributed by atoms with Gasteiger partial charge in [0.25, 0.3) is 0 Å². The maximum absolute atomic E-state index is 11.9. The largest absolute Gasteiger partial charge is 0.493 e. The number of hydrogen-bond acceptors (Lipinski definition) is 5. The second-order valence-corrected chi connectivity index (χ2v) is 5.82. The molecule has 0 aliphatic rings. The minimum absolute atomic E-state index is 0.0138. The lowest BCUT2D eigenvalue weighted by atomic mass is 10.1. The van der Waals surface area contributed by atoms with E-state index in [4.69, 9.17) is 9.47 Å². The lowest BCUT2D eigenvalue weighted by Gasteiger charge is -2.07. The Hall–Kier alpha value is -1.92. The number of unbranched alkanes of at least 4 members (excludes halogenated alkanes) is 1. The standard InChI is InChI=1S/C17H22N2O3S/c1-3-22-15-9-5-4-8-13(15)14-12-23-17(18-14)19-16(20)10-6-7-11-21-2/h4-5,8-9,12H,3,6-7,10-11H2,1-2H3,(H,18,19,20). The van der Waals surface area contributed by atoms with Crippen LogP contribution in [0.1, 0.15) is 26.2 Å². The highest BCUT2D eigenvalue weighted by Crippen LogP contribution is 2.32. The fourth-order valence-corrected chi connectivity index (χ4v) is 2.85. The van der Waals surface area contributed by atoms with Crippen molar-refractivity contribution >= 4 is 22.4 Å². The average Bonchev–Trinajstić information content (AvgIpc) is 3.01. The quantitative estimate of drug-likeness (QED) is 0.705. The zero-order chi connectivity index (χ0) is 16.5. The van der Waals surface area contributed by atoms with Gasteiger partial charge in [-0.1, -0.05) is 12.1 Å². The molecule has 0 spiro atoms. The Bertz CT molecular complexity index is 628. The van der Waals surface area contributed by atoms with Crippen molar-refractivity contribution in [2.45, 2.75) is 26.2 Å². The zero-order valence-electron chi connectivity index (χ0n) is 13.5. The zero-order valence-corrected chi connectivity index (χ0v) is 14.3. The van der Waals surface area contributed by atoms with E-state index in [-0.39, 0.29) is 5.91 Å². The van der Waals surface area contributed by atoms with E-state index in [1.807, 2.05) is 36.6 Å². The fraction of sp³-hybridized carbons (Fsp3) is 0.412. The molecule has 0 aliphatic heterocycles. The van der Waals surface area contributed by atoms with Gasteiger partial charge in [0.1, 0.15) is 5.75 Å². The van der Waals surface area contributed by atoms with E-state index < -0.39 is 0 Å². The van der Waals surface area contributed by atoms with Gasteiger partial charge in [0.2, 0.25) is 5.91 Å². The van der Waals surface area contributed by atoms with E-state index in [1.54, 1.807) is 7.11 Å². The second kappa shape index (κ2) is 9.27. The highest BCUT2D eigenvalue weighted by atomic mass is 32.1. The first-order valence-electron chi connectivity index (χ1n) is 7.71. The predicted octanol–water partition coefficient (Wildman–Crippen LogP) is 3.96. The van der Waals surface area contributed by atoms with Crippen LogP contribution in [0, 0.1) is 0 Å². The van der Waals surface area contributed by atoms with E-state index in [1.165, 1.54) is 11.3 Å². The number of aromatic nitrogens is 1. The van der Waals surface area contributed by atoms with E-state index in [9.17, 15) is 4.79 Å². The summed E-state index contributed by atoms with van der Waals surface area (Å²) in [7, 11) is 1.66. The molecular weight excluding hydrogens is 312 g/mol. The molecule has 0 aliphatic carbocycles. The number of ether oxygens (including phenoxy) is 2. The number of amides is 1. The number of para-hydroxylation sites is 1. The third kappa shape index (κ3) is 5.33. The number of methoxy groups -OCH3 is 1. The first kappa shape index (κ1) is 17.4. The average molecular weight is 334 g/mol.